The van der Waals surface area contributed by atoms with Gasteiger partial charge in [-0.1, -0.05) is 18.2 Å². The van der Waals surface area contributed by atoms with Crippen molar-refractivity contribution in [2.75, 3.05) is 26.6 Å². The van der Waals surface area contributed by atoms with Crippen LogP contribution in [0, 0.1) is 0 Å². The molecule has 2 aromatic rings. The fourth-order valence-corrected chi connectivity index (χ4v) is 2.80. The summed E-state index contributed by atoms with van der Waals surface area (Å²) in [7, 11) is 4.19. The molecule has 0 unspecified atom stereocenters. The molecule has 0 aromatic heterocycles. The molecular weight excluding hydrogens is 338 g/mol. The minimum atomic E-state index is -0.675. The molecule has 3 rings (SSSR count). The lowest BCUT2D eigenvalue weighted by atomic mass is 10.1. The van der Waals surface area contributed by atoms with Crippen LogP contribution >= 0.6 is 0 Å². The van der Waals surface area contributed by atoms with Gasteiger partial charge in [0.25, 0.3) is 5.91 Å². The summed E-state index contributed by atoms with van der Waals surface area (Å²) in [6, 6.07) is 10.5. The Kier molecular flexibility index (Phi) is 4.97. The molecule has 26 heavy (non-hydrogen) atoms. The van der Waals surface area contributed by atoms with Crippen LogP contribution < -0.4 is 19.5 Å². The number of rotatable bonds is 5. The topological polar surface area (TPSA) is 83.1 Å². The highest BCUT2D eigenvalue weighted by Gasteiger charge is 2.30. The second-order valence-corrected chi connectivity index (χ2v) is 5.65. The molecule has 2 aromatic carbocycles. The first-order valence-corrected chi connectivity index (χ1v) is 7.97. The molecule has 0 radical (unpaired) electrons. The zero-order valence-corrected chi connectivity index (χ0v) is 14.7. The molecule has 1 aliphatic rings. The summed E-state index contributed by atoms with van der Waals surface area (Å²) in [4.78, 5) is 24.7. The number of carbonyl (C=O) groups excluding carboxylic acids is 2. The van der Waals surface area contributed by atoms with Gasteiger partial charge in [0.15, 0.2) is 17.6 Å². The smallest absolute Gasteiger partial charge is 0.340 e. The fourth-order valence-electron chi connectivity index (χ4n) is 2.80. The quantitative estimate of drug-likeness (QED) is 0.828. The highest BCUT2D eigenvalue weighted by atomic mass is 16.5. The maximum absolute atomic E-state index is 12.6. The molecule has 0 bridgehead atoms. The summed E-state index contributed by atoms with van der Waals surface area (Å²) in [5.41, 5.74) is 1.39. The number of nitrogens with one attached hydrogen (secondary N) is 1. The molecule has 136 valence electrons. The van der Waals surface area contributed by atoms with E-state index < -0.39 is 12.1 Å². The third kappa shape index (κ3) is 3.28. The van der Waals surface area contributed by atoms with Gasteiger partial charge in [0.05, 0.1) is 32.6 Å². The molecule has 7 heteroatoms. The average Bonchev–Trinajstić information content (AvgIpc) is 3.11. The predicted octanol–water partition coefficient (Wildman–Crippen LogP) is 2.43. The normalized spacial score (nSPS) is 14.8. The Bertz CT molecular complexity index is 823. The standard InChI is InChI=1S/C19H19NO6/c1-23-15-9-12(19(22)25-3)13(10-16(15)24-2)20-18(21)17-8-11-6-4-5-7-14(11)26-17/h4-7,9-10,17H,8H2,1-3H3,(H,20,21)/t17-/m0/s1. The molecule has 1 atom stereocenters. The molecule has 0 saturated heterocycles. The van der Waals surface area contributed by atoms with Crippen molar-refractivity contribution in [3.63, 3.8) is 0 Å². The van der Waals surface area contributed by atoms with Crippen molar-refractivity contribution in [3.8, 4) is 17.2 Å². The van der Waals surface area contributed by atoms with Crippen LogP contribution in [0.1, 0.15) is 15.9 Å². The molecule has 1 amide bonds. The van der Waals surface area contributed by atoms with Gasteiger partial charge < -0.3 is 24.3 Å². The Morgan fingerprint density at radius 2 is 1.77 bits per heavy atom. The maximum atomic E-state index is 12.6. The number of fused-ring (bicyclic) bond motifs is 1. The Hall–Kier alpha value is -3.22. The van der Waals surface area contributed by atoms with E-state index >= 15 is 0 Å². The molecule has 0 saturated carbocycles. The minimum Gasteiger partial charge on any atom is -0.493 e. The number of ether oxygens (including phenoxy) is 4. The van der Waals surface area contributed by atoms with Gasteiger partial charge in [-0.15, -0.1) is 0 Å². The van der Waals surface area contributed by atoms with Crippen LogP contribution in [0.5, 0.6) is 17.2 Å². The van der Waals surface area contributed by atoms with Crippen LogP contribution in [-0.4, -0.2) is 39.3 Å². The zero-order chi connectivity index (χ0) is 18.7. The van der Waals surface area contributed by atoms with Gasteiger partial charge in [-0.05, 0) is 11.6 Å². The van der Waals surface area contributed by atoms with Crippen molar-refractivity contribution in [1.82, 2.24) is 0 Å². The van der Waals surface area contributed by atoms with Gasteiger partial charge in [0, 0.05) is 18.6 Å². The summed E-state index contributed by atoms with van der Waals surface area (Å²) in [6.45, 7) is 0. The van der Waals surface area contributed by atoms with E-state index in [1.54, 1.807) is 0 Å². The van der Waals surface area contributed by atoms with Crippen LogP contribution in [-0.2, 0) is 16.0 Å². The Morgan fingerprint density at radius 1 is 1.08 bits per heavy atom. The Labute approximate surface area is 150 Å². The Morgan fingerprint density at radius 3 is 2.42 bits per heavy atom. The van der Waals surface area contributed by atoms with Crippen molar-refractivity contribution < 1.29 is 28.5 Å². The van der Waals surface area contributed by atoms with Crippen LogP contribution in [0.2, 0.25) is 0 Å². The first-order valence-electron chi connectivity index (χ1n) is 7.97. The number of para-hydroxylation sites is 1. The Balaban J connectivity index is 1.86. The third-order valence-electron chi connectivity index (χ3n) is 4.13. The SMILES string of the molecule is COC(=O)c1cc(OC)c(OC)cc1NC(=O)[C@@H]1Cc2ccccc2O1. The molecule has 0 fully saturated rings. The van der Waals surface area contributed by atoms with Crippen LogP contribution in [0.4, 0.5) is 5.69 Å². The second-order valence-electron chi connectivity index (χ2n) is 5.65. The molecule has 0 aliphatic carbocycles. The van der Waals surface area contributed by atoms with E-state index in [9.17, 15) is 9.59 Å². The van der Waals surface area contributed by atoms with Gasteiger partial charge in [0.1, 0.15) is 5.75 Å². The summed E-state index contributed by atoms with van der Waals surface area (Å²) < 4.78 is 20.9. The van der Waals surface area contributed by atoms with Crippen molar-refractivity contribution in [2.45, 2.75) is 12.5 Å². The minimum absolute atomic E-state index is 0.161. The molecule has 1 N–H and O–H groups in total. The van der Waals surface area contributed by atoms with E-state index in [1.807, 2.05) is 24.3 Å². The van der Waals surface area contributed by atoms with E-state index in [-0.39, 0.29) is 17.2 Å². The number of methoxy groups -OCH3 is 3. The van der Waals surface area contributed by atoms with Crippen molar-refractivity contribution in [3.05, 3.63) is 47.5 Å². The number of hydrogen-bond acceptors (Lipinski definition) is 6. The monoisotopic (exact) mass is 357 g/mol. The lowest BCUT2D eigenvalue weighted by Crippen LogP contribution is -2.32. The lowest BCUT2D eigenvalue weighted by Gasteiger charge is -2.16. The highest BCUT2D eigenvalue weighted by molar-refractivity contribution is 6.03. The van der Waals surface area contributed by atoms with Crippen LogP contribution in [0.15, 0.2) is 36.4 Å². The molecule has 1 heterocycles. The van der Waals surface area contributed by atoms with Crippen LogP contribution in [0.25, 0.3) is 0 Å². The lowest BCUT2D eigenvalue weighted by molar-refractivity contribution is -0.122. The number of amides is 1. The number of anilines is 1. The predicted molar refractivity (Wildman–Crippen MR) is 94.1 cm³/mol. The van der Waals surface area contributed by atoms with E-state index in [0.717, 1.165) is 5.56 Å². The molecular formula is C19H19NO6. The zero-order valence-electron chi connectivity index (χ0n) is 14.7. The van der Waals surface area contributed by atoms with E-state index in [4.69, 9.17) is 18.9 Å². The molecule has 0 spiro atoms. The summed E-state index contributed by atoms with van der Waals surface area (Å²) >= 11 is 0. The van der Waals surface area contributed by atoms with Crippen molar-refractivity contribution in [2.24, 2.45) is 0 Å². The maximum Gasteiger partial charge on any atom is 0.340 e. The van der Waals surface area contributed by atoms with Gasteiger partial charge in [-0.25, -0.2) is 4.79 Å². The number of benzene rings is 2. The fraction of sp³-hybridized carbons (Fsp3) is 0.263. The summed E-state index contributed by atoms with van der Waals surface area (Å²) in [6.07, 6.45) is -0.214. The summed E-state index contributed by atoms with van der Waals surface area (Å²) in [5, 5.41) is 2.73. The molecule has 7 nitrogen and oxygen atoms in total. The highest BCUT2D eigenvalue weighted by Crippen LogP contribution is 2.34. The number of carbonyl (C=O) groups is 2. The number of hydrogen-bond donors (Lipinski definition) is 1. The van der Waals surface area contributed by atoms with Gasteiger partial charge in [-0.2, -0.15) is 0 Å². The van der Waals surface area contributed by atoms with E-state index in [2.05, 4.69) is 5.32 Å². The van der Waals surface area contributed by atoms with E-state index in [1.165, 1.54) is 33.5 Å². The average molecular weight is 357 g/mol. The first kappa shape index (κ1) is 17.6. The third-order valence-corrected chi connectivity index (χ3v) is 4.13. The molecule has 1 aliphatic heterocycles. The van der Waals surface area contributed by atoms with Crippen molar-refractivity contribution >= 4 is 17.6 Å². The van der Waals surface area contributed by atoms with Gasteiger partial charge in [-0.3, -0.25) is 4.79 Å². The van der Waals surface area contributed by atoms with Crippen LogP contribution in [0.3, 0.4) is 0 Å². The van der Waals surface area contributed by atoms with Gasteiger partial charge >= 0.3 is 5.97 Å². The van der Waals surface area contributed by atoms with Gasteiger partial charge in [0.2, 0.25) is 0 Å². The van der Waals surface area contributed by atoms with E-state index in [0.29, 0.717) is 23.7 Å². The van der Waals surface area contributed by atoms with Crippen molar-refractivity contribution in [1.29, 1.82) is 0 Å². The summed E-state index contributed by atoms with van der Waals surface area (Å²) in [5.74, 6) is 0.463. The second kappa shape index (κ2) is 7.35. The first-order chi connectivity index (χ1) is 12.6. The largest absolute Gasteiger partial charge is 0.493 e. The number of esters is 1.